The third kappa shape index (κ3) is 9.27. The van der Waals surface area contributed by atoms with Crippen molar-refractivity contribution in [2.45, 2.75) is 39.5 Å². The maximum absolute atomic E-state index is 6.91. The Hall–Kier alpha value is -0.730. The van der Waals surface area contributed by atoms with E-state index in [-0.39, 0.29) is 5.96 Å². The van der Waals surface area contributed by atoms with Crippen LogP contribution < -0.4 is 11.1 Å². The van der Waals surface area contributed by atoms with E-state index in [4.69, 9.17) is 11.1 Å². The van der Waals surface area contributed by atoms with E-state index in [1.807, 2.05) is 0 Å². The standard InChI is InChI=1S/C9H21N3/c1-8(2)6-4-3-5-7-12-9(10)11/h8H,3-7H2,1-2H3,(H4,10,11,12). The van der Waals surface area contributed by atoms with Gasteiger partial charge in [-0.15, -0.1) is 0 Å². The van der Waals surface area contributed by atoms with Crippen molar-refractivity contribution in [2.75, 3.05) is 6.54 Å². The molecule has 72 valence electrons. The van der Waals surface area contributed by atoms with E-state index >= 15 is 0 Å². The molecule has 3 heteroatoms. The predicted molar refractivity (Wildman–Crippen MR) is 53.2 cm³/mol. The van der Waals surface area contributed by atoms with Gasteiger partial charge in [0.1, 0.15) is 0 Å². The summed E-state index contributed by atoms with van der Waals surface area (Å²) in [4.78, 5) is 0. The Labute approximate surface area is 75.2 Å². The lowest BCUT2D eigenvalue weighted by Gasteiger charge is -2.05. The second kappa shape index (κ2) is 6.95. The maximum atomic E-state index is 6.91. The molecule has 4 N–H and O–H groups in total. The minimum absolute atomic E-state index is 0.0823. The Balaban J connectivity index is 2.96. The number of hydrogen-bond donors (Lipinski definition) is 3. The van der Waals surface area contributed by atoms with Crippen LogP contribution in [0.4, 0.5) is 0 Å². The van der Waals surface area contributed by atoms with Crippen LogP contribution >= 0.6 is 0 Å². The molecule has 0 heterocycles. The highest BCUT2D eigenvalue weighted by Crippen LogP contribution is 2.07. The number of unbranched alkanes of at least 4 members (excludes halogenated alkanes) is 2. The normalized spacial score (nSPS) is 10.2. The number of nitrogens with one attached hydrogen (secondary N) is 2. The molecule has 0 unspecified atom stereocenters. The first-order valence-corrected chi connectivity index (χ1v) is 4.71. The van der Waals surface area contributed by atoms with Crippen LogP contribution in [0.1, 0.15) is 39.5 Å². The van der Waals surface area contributed by atoms with E-state index in [0.29, 0.717) is 0 Å². The van der Waals surface area contributed by atoms with Gasteiger partial charge in [0.2, 0.25) is 0 Å². The molecular formula is C9H21N3. The zero-order valence-electron chi connectivity index (χ0n) is 8.19. The van der Waals surface area contributed by atoms with Gasteiger partial charge in [0.05, 0.1) is 0 Å². The molecule has 0 radical (unpaired) electrons. The Morgan fingerprint density at radius 3 is 2.50 bits per heavy atom. The zero-order chi connectivity index (χ0) is 9.40. The quantitative estimate of drug-likeness (QED) is 0.323. The monoisotopic (exact) mass is 171 g/mol. The van der Waals surface area contributed by atoms with Crippen LogP contribution in [0, 0.1) is 11.3 Å². The fourth-order valence-electron chi connectivity index (χ4n) is 1.08. The smallest absolute Gasteiger partial charge is 0.185 e. The van der Waals surface area contributed by atoms with Crippen molar-refractivity contribution < 1.29 is 0 Å². The van der Waals surface area contributed by atoms with Gasteiger partial charge in [-0.2, -0.15) is 0 Å². The summed E-state index contributed by atoms with van der Waals surface area (Å²) in [6.45, 7) is 5.33. The zero-order valence-corrected chi connectivity index (χ0v) is 8.19. The fourth-order valence-corrected chi connectivity index (χ4v) is 1.08. The molecule has 0 amide bonds. The highest BCUT2D eigenvalue weighted by molar-refractivity contribution is 5.74. The number of hydrogen-bond acceptors (Lipinski definition) is 1. The molecular weight excluding hydrogens is 150 g/mol. The first kappa shape index (κ1) is 11.3. The molecule has 0 aliphatic heterocycles. The van der Waals surface area contributed by atoms with E-state index in [1.54, 1.807) is 0 Å². The first-order valence-electron chi connectivity index (χ1n) is 4.71. The fraction of sp³-hybridized carbons (Fsp3) is 0.889. The van der Waals surface area contributed by atoms with Gasteiger partial charge in [0.15, 0.2) is 5.96 Å². The third-order valence-corrected chi connectivity index (χ3v) is 1.77. The van der Waals surface area contributed by atoms with Crippen LogP contribution in [0.5, 0.6) is 0 Å². The van der Waals surface area contributed by atoms with Crippen molar-refractivity contribution in [1.29, 1.82) is 5.41 Å². The predicted octanol–water partition coefficient (Wildman–Crippen LogP) is 1.69. The van der Waals surface area contributed by atoms with Gasteiger partial charge in [-0.1, -0.05) is 33.1 Å². The molecule has 0 saturated heterocycles. The van der Waals surface area contributed by atoms with Crippen LogP contribution in [-0.2, 0) is 0 Å². The highest BCUT2D eigenvalue weighted by Gasteiger charge is 1.93. The summed E-state index contributed by atoms with van der Waals surface area (Å²) in [5.74, 6) is 0.893. The van der Waals surface area contributed by atoms with Crippen molar-refractivity contribution in [1.82, 2.24) is 5.32 Å². The Morgan fingerprint density at radius 1 is 1.33 bits per heavy atom. The van der Waals surface area contributed by atoms with Gasteiger partial charge in [-0.3, -0.25) is 5.41 Å². The molecule has 0 aromatic carbocycles. The van der Waals surface area contributed by atoms with Gasteiger partial charge in [0, 0.05) is 6.54 Å². The number of guanidine groups is 1. The van der Waals surface area contributed by atoms with Crippen LogP contribution in [0.2, 0.25) is 0 Å². The lowest BCUT2D eigenvalue weighted by molar-refractivity contribution is 0.525. The Kier molecular flexibility index (Phi) is 6.53. The molecule has 0 atom stereocenters. The summed E-state index contributed by atoms with van der Waals surface area (Å²) in [5, 5.41) is 9.70. The van der Waals surface area contributed by atoms with E-state index in [1.165, 1.54) is 19.3 Å². The summed E-state index contributed by atoms with van der Waals surface area (Å²) in [6.07, 6.45) is 4.95. The van der Waals surface area contributed by atoms with E-state index in [2.05, 4.69) is 19.2 Å². The average molecular weight is 171 g/mol. The molecule has 12 heavy (non-hydrogen) atoms. The molecule has 0 aromatic rings. The Morgan fingerprint density at radius 2 is 2.00 bits per heavy atom. The first-order chi connectivity index (χ1) is 5.63. The van der Waals surface area contributed by atoms with Crippen molar-refractivity contribution >= 4 is 5.96 Å². The molecule has 3 nitrogen and oxygen atoms in total. The van der Waals surface area contributed by atoms with E-state index < -0.39 is 0 Å². The summed E-state index contributed by atoms with van der Waals surface area (Å²) < 4.78 is 0. The largest absolute Gasteiger partial charge is 0.370 e. The van der Waals surface area contributed by atoms with Gasteiger partial charge >= 0.3 is 0 Å². The molecule has 0 aromatic heterocycles. The third-order valence-electron chi connectivity index (χ3n) is 1.77. The maximum Gasteiger partial charge on any atom is 0.185 e. The van der Waals surface area contributed by atoms with Gasteiger partial charge < -0.3 is 11.1 Å². The highest BCUT2D eigenvalue weighted by atomic mass is 15.0. The number of rotatable bonds is 6. The van der Waals surface area contributed by atoms with Crippen LogP contribution in [0.25, 0.3) is 0 Å². The summed E-state index contributed by atoms with van der Waals surface area (Å²) in [5.41, 5.74) is 5.13. The summed E-state index contributed by atoms with van der Waals surface area (Å²) in [6, 6.07) is 0. The lowest BCUT2D eigenvalue weighted by atomic mass is 10.1. The van der Waals surface area contributed by atoms with Crippen LogP contribution in [-0.4, -0.2) is 12.5 Å². The van der Waals surface area contributed by atoms with Crippen LogP contribution in [0.3, 0.4) is 0 Å². The average Bonchev–Trinajstić information content (AvgIpc) is 1.95. The molecule has 0 rings (SSSR count). The molecule has 0 aliphatic carbocycles. The Bertz CT molecular complexity index is 121. The minimum atomic E-state index is 0.0823. The minimum Gasteiger partial charge on any atom is -0.370 e. The molecule has 0 fully saturated rings. The molecule has 0 bridgehead atoms. The van der Waals surface area contributed by atoms with Gasteiger partial charge in [-0.05, 0) is 12.3 Å². The van der Waals surface area contributed by atoms with E-state index in [9.17, 15) is 0 Å². The van der Waals surface area contributed by atoms with Crippen molar-refractivity contribution in [3.8, 4) is 0 Å². The van der Waals surface area contributed by atoms with E-state index in [0.717, 1.165) is 18.9 Å². The summed E-state index contributed by atoms with van der Waals surface area (Å²) in [7, 11) is 0. The van der Waals surface area contributed by atoms with Gasteiger partial charge in [0.25, 0.3) is 0 Å². The number of nitrogens with two attached hydrogens (primary N) is 1. The SMILES string of the molecule is CC(C)CCCCCNC(=N)N. The second-order valence-electron chi connectivity index (χ2n) is 3.58. The molecule has 0 aliphatic rings. The van der Waals surface area contributed by atoms with Crippen molar-refractivity contribution in [3.63, 3.8) is 0 Å². The molecule has 0 spiro atoms. The van der Waals surface area contributed by atoms with Crippen LogP contribution in [0.15, 0.2) is 0 Å². The lowest BCUT2D eigenvalue weighted by Crippen LogP contribution is -2.30. The molecule has 0 saturated carbocycles. The van der Waals surface area contributed by atoms with Crippen molar-refractivity contribution in [2.24, 2.45) is 11.7 Å². The second-order valence-corrected chi connectivity index (χ2v) is 3.58. The van der Waals surface area contributed by atoms with Gasteiger partial charge in [-0.25, -0.2) is 0 Å². The summed E-state index contributed by atoms with van der Waals surface area (Å²) >= 11 is 0. The van der Waals surface area contributed by atoms with Crippen molar-refractivity contribution in [3.05, 3.63) is 0 Å². The topological polar surface area (TPSA) is 61.9 Å².